The van der Waals surface area contributed by atoms with Gasteiger partial charge in [0.2, 0.25) is 0 Å². The van der Waals surface area contributed by atoms with Crippen molar-refractivity contribution < 1.29 is 9.53 Å². The summed E-state index contributed by atoms with van der Waals surface area (Å²) in [4.78, 5) is 22.4. The first-order valence-electron chi connectivity index (χ1n) is 7.13. The van der Waals surface area contributed by atoms with Crippen molar-refractivity contribution in [2.24, 2.45) is 0 Å². The minimum absolute atomic E-state index is 0.00163. The minimum Gasteiger partial charge on any atom is -0.466 e. The molecule has 1 unspecified atom stereocenters. The molecule has 1 heterocycles. The van der Waals surface area contributed by atoms with Crippen LogP contribution in [0.5, 0.6) is 0 Å². The molecule has 0 saturated carbocycles. The molecular weight excluding hydrogens is 266 g/mol. The summed E-state index contributed by atoms with van der Waals surface area (Å²) in [5.74, 6) is 0.654. The van der Waals surface area contributed by atoms with Gasteiger partial charge in [-0.1, -0.05) is 12.1 Å². The number of carbonyl (C=O) groups excluding carboxylic acids is 1. The van der Waals surface area contributed by atoms with Crippen LogP contribution >= 0.6 is 0 Å². The van der Waals surface area contributed by atoms with Crippen LogP contribution in [0, 0.1) is 6.92 Å². The van der Waals surface area contributed by atoms with Crippen LogP contribution in [0.4, 0.5) is 5.82 Å². The quantitative estimate of drug-likeness (QED) is 0.791. The molecule has 1 aromatic carbocycles. The topological polar surface area (TPSA) is 55.3 Å². The van der Waals surface area contributed by atoms with Crippen molar-refractivity contribution in [1.29, 1.82) is 0 Å². The first-order valence-corrected chi connectivity index (χ1v) is 7.13. The van der Waals surface area contributed by atoms with E-state index >= 15 is 0 Å². The van der Waals surface area contributed by atoms with Crippen LogP contribution in [0.3, 0.4) is 0 Å². The minimum atomic E-state index is -0.188. The largest absolute Gasteiger partial charge is 0.466 e. The second-order valence-corrected chi connectivity index (χ2v) is 5.14. The molecule has 0 fully saturated rings. The van der Waals surface area contributed by atoms with E-state index in [1.54, 1.807) is 6.33 Å². The van der Waals surface area contributed by atoms with Gasteiger partial charge in [-0.05, 0) is 32.4 Å². The average Bonchev–Trinajstić information content (AvgIpc) is 2.46. The second-order valence-electron chi connectivity index (χ2n) is 5.14. The standard InChI is InChI=1S/C16H21N3O2/c1-5-21-14(20)9-12(3)19(4)16-15-11(2)7-6-8-13(15)17-10-18-16/h6-8,10,12H,5,9H2,1-4H3. The summed E-state index contributed by atoms with van der Waals surface area (Å²) in [6, 6.07) is 5.99. The van der Waals surface area contributed by atoms with Gasteiger partial charge in [0.15, 0.2) is 0 Å². The van der Waals surface area contributed by atoms with E-state index in [2.05, 4.69) is 9.97 Å². The van der Waals surface area contributed by atoms with Crippen LogP contribution in [0.1, 0.15) is 25.8 Å². The highest BCUT2D eigenvalue weighted by Gasteiger charge is 2.18. The van der Waals surface area contributed by atoms with Crippen molar-refractivity contribution in [2.75, 3.05) is 18.6 Å². The average molecular weight is 287 g/mol. The van der Waals surface area contributed by atoms with Gasteiger partial charge in [0.1, 0.15) is 12.1 Å². The molecule has 0 aliphatic carbocycles. The summed E-state index contributed by atoms with van der Waals surface area (Å²) < 4.78 is 5.01. The van der Waals surface area contributed by atoms with E-state index in [1.165, 1.54) is 0 Å². The fraction of sp³-hybridized carbons (Fsp3) is 0.438. The Hall–Kier alpha value is -2.17. The summed E-state index contributed by atoms with van der Waals surface area (Å²) in [6.07, 6.45) is 1.90. The molecule has 1 atom stereocenters. The van der Waals surface area contributed by atoms with Crippen LogP contribution in [-0.4, -0.2) is 35.6 Å². The molecule has 21 heavy (non-hydrogen) atoms. The Morgan fingerprint density at radius 2 is 2.14 bits per heavy atom. The lowest BCUT2D eigenvalue weighted by Crippen LogP contribution is -2.32. The normalized spacial score (nSPS) is 12.2. The molecule has 2 aromatic rings. The number of hydrogen-bond donors (Lipinski definition) is 0. The highest BCUT2D eigenvalue weighted by molar-refractivity contribution is 5.92. The lowest BCUT2D eigenvalue weighted by atomic mass is 10.1. The Bertz CT molecular complexity index is 637. The smallest absolute Gasteiger partial charge is 0.307 e. The van der Waals surface area contributed by atoms with E-state index < -0.39 is 0 Å². The molecule has 1 aromatic heterocycles. The molecular formula is C16H21N3O2. The van der Waals surface area contributed by atoms with E-state index in [-0.39, 0.29) is 12.0 Å². The SMILES string of the molecule is CCOC(=O)CC(C)N(C)c1ncnc2cccc(C)c12. The molecule has 0 aliphatic rings. The highest BCUT2D eigenvalue weighted by Crippen LogP contribution is 2.26. The number of ether oxygens (including phenoxy) is 1. The van der Waals surface area contributed by atoms with Crippen LogP contribution in [0.2, 0.25) is 0 Å². The highest BCUT2D eigenvalue weighted by atomic mass is 16.5. The third-order valence-corrected chi connectivity index (χ3v) is 3.61. The second kappa shape index (κ2) is 6.52. The van der Waals surface area contributed by atoms with Crippen molar-refractivity contribution >= 4 is 22.7 Å². The van der Waals surface area contributed by atoms with Gasteiger partial charge in [0.05, 0.1) is 18.5 Å². The number of fused-ring (bicyclic) bond motifs is 1. The third-order valence-electron chi connectivity index (χ3n) is 3.61. The molecule has 0 radical (unpaired) electrons. The Balaban J connectivity index is 2.31. The molecule has 5 heteroatoms. The lowest BCUT2D eigenvalue weighted by molar-refractivity contribution is -0.143. The number of benzene rings is 1. The predicted octanol–water partition coefficient (Wildman–Crippen LogP) is 2.72. The number of hydrogen-bond acceptors (Lipinski definition) is 5. The number of rotatable bonds is 5. The Kier molecular flexibility index (Phi) is 4.73. The van der Waals surface area contributed by atoms with Crippen LogP contribution in [-0.2, 0) is 9.53 Å². The summed E-state index contributed by atoms with van der Waals surface area (Å²) in [5.41, 5.74) is 2.04. The third kappa shape index (κ3) is 3.29. The molecule has 112 valence electrons. The van der Waals surface area contributed by atoms with Gasteiger partial charge < -0.3 is 9.64 Å². The molecule has 2 rings (SSSR count). The molecule has 0 amide bonds. The molecule has 0 N–H and O–H groups in total. The maximum Gasteiger partial charge on any atom is 0.307 e. The van der Waals surface area contributed by atoms with Gasteiger partial charge in [-0.2, -0.15) is 0 Å². The summed E-state index contributed by atoms with van der Waals surface area (Å²) in [6.45, 7) is 6.25. The number of aryl methyl sites for hydroxylation is 1. The predicted molar refractivity (Wildman–Crippen MR) is 83.4 cm³/mol. The fourth-order valence-electron chi connectivity index (χ4n) is 2.34. The summed E-state index contributed by atoms with van der Waals surface area (Å²) in [7, 11) is 1.94. The maximum absolute atomic E-state index is 11.6. The zero-order chi connectivity index (χ0) is 15.4. The zero-order valence-electron chi connectivity index (χ0n) is 13.0. The number of anilines is 1. The van der Waals surface area contributed by atoms with Gasteiger partial charge in [-0.25, -0.2) is 9.97 Å². The lowest BCUT2D eigenvalue weighted by Gasteiger charge is -2.26. The van der Waals surface area contributed by atoms with Crippen molar-refractivity contribution in [3.8, 4) is 0 Å². The molecule has 5 nitrogen and oxygen atoms in total. The summed E-state index contributed by atoms with van der Waals surface area (Å²) >= 11 is 0. The van der Waals surface area contributed by atoms with E-state index in [0.717, 1.165) is 22.3 Å². The van der Waals surface area contributed by atoms with Crippen molar-refractivity contribution in [3.05, 3.63) is 30.1 Å². The Morgan fingerprint density at radius 3 is 2.86 bits per heavy atom. The van der Waals surface area contributed by atoms with E-state index in [9.17, 15) is 4.79 Å². The van der Waals surface area contributed by atoms with Crippen molar-refractivity contribution in [2.45, 2.75) is 33.2 Å². The maximum atomic E-state index is 11.6. The van der Waals surface area contributed by atoms with Gasteiger partial charge in [0.25, 0.3) is 0 Å². The number of nitrogens with zero attached hydrogens (tertiary/aromatic N) is 3. The van der Waals surface area contributed by atoms with E-state index in [1.807, 2.05) is 50.9 Å². The molecule has 0 aliphatic heterocycles. The fourth-order valence-corrected chi connectivity index (χ4v) is 2.34. The molecule has 0 spiro atoms. The molecule has 0 saturated heterocycles. The number of carbonyl (C=O) groups is 1. The van der Waals surface area contributed by atoms with Crippen LogP contribution in [0.15, 0.2) is 24.5 Å². The monoisotopic (exact) mass is 287 g/mol. The Labute approximate surface area is 125 Å². The van der Waals surface area contributed by atoms with Crippen LogP contribution in [0.25, 0.3) is 10.9 Å². The Morgan fingerprint density at radius 1 is 1.38 bits per heavy atom. The zero-order valence-corrected chi connectivity index (χ0v) is 13.0. The number of esters is 1. The van der Waals surface area contributed by atoms with Gasteiger partial charge in [-0.3, -0.25) is 4.79 Å². The van der Waals surface area contributed by atoms with Gasteiger partial charge >= 0.3 is 5.97 Å². The van der Waals surface area contributed by atoms with E-state index in [4.69, 9.17) is 4.74 Å². The van der Waals surface area contributed by atoms with Crippen molar-refractivity contribution in [1.82, 2.24) is 9.97 Å². The summed E-state index contributed by atoms with van der Waals surface area (Å²) in [5, 5.41) is 1.03. The molecule has 0 bridgehead atoms. The van der Waals surface area contributed by atoms with Crippen molar-refractivity contribution in [3.63, 3.8) is 0 Å². The first-order chi connectivity index (χ1) is 10.0. The van der Waals surface area contributed by atoms with E-state index in [0.29, 0.717) is 13.0 Å². The number of aromatic nitrogens is 2. The van der Waals surface area contributed by atoms with Gasteiger partial charge in [0, 0.05) is 18.5 Å². The van der Waals surface area contributed by atoms with Gasteiger partial charge in [-0.15, -0.1) is 0 Å². The first kappa shape index (κ1) is 15.2. The van der Waals surface area contributed by atoms with Crippen LogP contribution < -0.4 is 4.90 Å².